The third-order valence-corrected chi connectivity index (χ3v) is 5.08. The highest BCUT2D eigenvalue weighted by molar-refractivity contribution is 7.11. The highest BCUT2D eigenvalue weighted by Crippen LogP contribution is 2.21. The number of likely N-dealkylation sites (tertiary alicyclic amines) is 1. The van der Waals surface area contributed by atoms with Gasteiger partial charge in [0.2, 0.25) is 11.8 Å². The highest BCUT2D eigenvalue weighted by Gasteiger charge is 2.27. The molecule has 1 aliphatic heterocycles. The van der Waals surface area contributed by atoms with E-state index in [0.717, 1.165) is 19.3 Å². The maximum absolute atomic E-state index is 12.2. The summed E-state index contributed by atoms with van der Waals surface area (Å²) in [4.78, 5) is 30.3. The summed E-state index contributed by atoms with van der Waals surface area (Å²) in [6, 6.07) is 4.21. The summed E-state index contributed by atoms with van der Waals surface area (Å²) < 4.78 is 0. The van der Waals surface area contributed by atoms with Crippen molar-refractivity contribution < 1.29 is 9.59 Å². The van der Waals surface area contributed by atoms with Crippen molar-refractivity contribution in [2.75, 3.05) is 27.2 Å². The van der Waals surface area contributed by atoms with Crippen LogP contribution in [0, 0.1) is 12.8 Å². The Morgan fingerprint density at radius 3 is 2.48 bits per heavy atom. The number of aryl methyl sites for hydroxylation is 2. The van der Waals surface area contributed by atoms with Crippen LogP contribution < -0.4 is 0 Å². The zero-order valence-corrected chi connectivity index (χ0v) is 13.9. The lowest BCUT2D eigenvalue weighted by atomic mass is 9.95. The quantitative estimate of drug-likeness (QED) is 0.856. The fourth-order valence-corrected chi connectivity index (χ4v) is 3.64. The number of hydrogen-bond acceptors (Lipinski definition) is 3. The fraction of sp³-hybridized carbons (Fsp3) is 0.625. The van der Waals surface area contributed by atoms with E-state index in [1.54, 1.807) is 30.3 Å². The van der Waals surface area contributed by atoms with Crippen molar-refractivity contribution in [3.8, 4) is 0 Å². The van der Waals surface area contributed by atoms with Gasteiger partial charge in [0.1, 0.15) is 0 Å². The van der Waals surface area contributed by atoms with Crippen molar-refractivity contribution in [2.45, 2.75) is 32.6 Å². The van der Waals surface area contributed by atoms with Gasteiger partial charge in [-0.2, -0.15) is 0 Å². The number of piperidine rings is 1. The van der Waals surface area contributed by atoms with E-state index in [-0.39, 0.29) is 17.7 Å². The number of amides is 2. The highest BCUT2D eigenvalue weighted by atomic mass is 32.1. The first-order chi connectivity index (χ1) is 9.97. The van der Waals surface area contributed by atoms with Crippen LogP contribution >= 0.6 is 11.3 Å². The predicted octanol–water partition coefficient (Wildman–Crippen LogP) is 2.32. The van der Waals surface area contributed by atoms with Crippen LogP contribution in [0.15, 0.2) is 12.1 Å². The topological polar surface area (TPSA) is 40.6 Å². The summed E-state index contributed by atoms with van der Waals surface area (Å²) in [5.74, 6) is 0.497. The van der Waals surface area contributed by atoms with E-state index in [4.69, 9.17) is 0 Å². The van der Waals surface area contributed by atoms with Crippen molar-refractivity contribution in [3.63, 3.8) is 0 Å². The number of thiophene rings is 1. The maximum atomic E-state index is 12.2. The predicted molar refractivity (Wildman–Crippen MR) is 85.4 cm³/mol. The molecule has 1 aliphatic rings. The van der Waals surface area contributed by atoms with Gasteiger partial charge in [0.25, 0.3) is 0 Å². The smallest absolute Gasteiger partial charge is 0.225 e. The first-order valence-corrected chi connectivity index (χ1v) is 8.33. The van der Waals surface area contributed by atoms with Crippen LogP contribution in [0.2, 0.25) is 0 Å². The molecule has 2 heterocycles. The van der Waals surface area contributed by atoms with Crippen LogP contribution in [0.5, 0.6) is 0 Å². The van der Waals surface area contributed by atoms with Gasteiger partial charge in [0.05, 0.1) is 0 Å². The fourth-order valence-electron chi connectivity index (χ4n) is 2.75. The number of nitrogens with zero attached hydrogens (tertiary/aromatic N) is 2. The second kappa shape index (κ2) is 7.07. The molecule has 2 amide bonds. The van der Waals surface area contributed by atoms with Crippen molar-refractivity contribution in [1.29, 1.82) is 0 Å². The number of carbonyl (C=O) groups is 2. The summed E-state index contributed by atoms with van der Waals surface area (Å²) in [6.07, 6.45) is 2.99. The van der Waals surface area contributed by atoms with E-state index in [1.165, 1.54) is 9.75 Å². The van der Waals surface area contributed by atoms with Gasteiger partial charge in [-0.3, -0.25) is 9.59 Å². The zero-order valence-electron chi connectivity index (χ0n) is 13.1. The number of rotatable bonds is 4. The summed E-state index contributed by atoms with van der Waals surface area (Å²) in [5, 5.41) is 0. The zero-order chi connectivity index (χ0) is 15.4. The van der Waals surface area contributed by atoms with Gasteiger partial charge in [0.15, 0.2) is 0 Å². The van der Waals surface area contributed by atoms with Gasteiger partial charge >= 0.3 is 0 Å². The molecular formula is C16H24N2O2S. The lowest BCUT2D eigenvalue weighted by Gasteiger charge is -2.32. The molecule has 0 aromatic carbocycles. The Morgan fingerprint density at radius 1 is 1.29 bits per heavy atom. The van der Waals surface area contributed by atoms with Crippen LogP contribution in [0.1, 0.15) is 29.0 Å². The van der Waals surface area contributed by atoms with E-state index in [1.807, 2.05) is 4.90 Å². The molecule has 21 heavy (non-hydrogen) atoms. The molecule has 1 aromatic rings. The van der Waals surface area contributed by atoms with E-state index >= 15 is 0 Å². The summed E-state index contributed by atoms with van der Waals surface area (Å²) >= 11 is 1.76. The first kappa shape index (κ1) is 16.0. The van der Waals surface area contributed by atoms with Crippen molar-refractivity contribution in [2.24, 2.45) is 5.92 Å². The van der Waals surface area contributed by atoms with E-state index in [9.17, 15) is 9.59 Å². The summed E-state index contributed by atoms with van der Waals surface area (Å²) in [7, 11) is 3.59. The maximum Gasteiger partial charge on any atom is 0.225 e. The van der Waals surface area contributed by atoms with Crippen molar-refractivity contribution in [1.82, 2.24) is 9.80 Å². The molecule has 1 aromatic heterocycles. The lowest BCUT2D eigenvalue weighted by Crippen LogP contribution is -2.42. The lowest BCUT2D eigenvalue weighted by molar-refractivity contribution is -0.139. The normalized spacial score (nSPS) is 16.0. The van der Waals surface area contributed by atoms with Gasteiger partial charge < -0.3 is 9.80 Å². The van der Waals surface area contributed by atoms with Crippen LogP contribution in [0.3, 0.4) is 0 Å². The SMILES string of the molecule is Cc1ccc(CCC(=O)N2CCC(C(=O)N(C)C)CC2)s1. The molecule has 1 fully saturated rings. The van der Waals surface area contributed by atoms with E-state index < -0.39 is 0 Å². The van der Waals surface area contributed by atoms with E-state index in [0.29, 0.717) is 19.5 Å². The Hall–Kier alpha value is -1.36. The summed E-state index contributed by atoms with van der Waals surface area (Å²) in [5.41, 5.74) is 0. The Labute approximate surface area is 130 Å². The van der Waals surface area contributed by atoms with Crippen molar-refractivity contribution >= 4 is 23.2 Å². The van der Waals surface area contributed by atoms with Gasteiger partial charge in [0, 0.05) is 49.3 Å². The largest absolute Gasteiger partial charge is 0.349 e. The van der Waals surface area contributed by atoms with Gasteiger partial charge in [-0.15, -0.1) is 11.3 Å². The average molecular weight is 308 g/mol. The average Bonchev–Trinajstić information content (AvgIpc) is 2.89. The molecule has 0 radical (unpaired) electrons. The minimum atomic E-state index is 0.0870. The molecule has 116 valence electrons. The van der Waals surface area contributed by atoms with Crippen LogP contribution in [0.4, 0.5) is 0 Å². The third kappa shape index (κ3) is 4.30. The summed E-state index contributed by atoms with van der Waals surface area (Å²) in [6.45, 7) is 3.52. The molecule has 0 spiro atoms. The molecule has 0 N–H and O–H groups in total. The third-order valence-electron chi connectivity index (χ3n) is 4.02. The number of carbonyl (C=O) groups excluding carboxylic acids is 2. The Balaban J connectivity index is 1.76. The molecule has 0 atom stereocenters. The minimum Gasteiger partial charge on any atom is -0.349 e. The molecule has 0 bridgehead atoms. The Kier molecular flexibility index (Phi) is 5.39. The monoisotopic (exact) mass is 308 g/mol. The standard InChI is InChI=1S/C16H24N2O2S/c1-12-4-5-14(21-12)6-7-15(19)18-10-8-13(9-11-18)16(20)17(2)3/h4-5,13H,6-11H2,1-3H3. The molecule has 0 unspecified atom stereocenters. The second-order valence-electron chi connectivity index (χ2n) is 5.90. The molecule has 2 rings (SSSR count). The molecule has 4 nitrogen and oxygen atoms in total. The van der Waals surface area contributed by atoms with Gasteiger partial charge in [-0.1, -0.05) is 0 Å². The van der Waals surface area contributed by atoms with Gasteiger partial charge in [-0.25, -0.2) is 0 Å². The number of hydrogen-bond donors (Lipinski definition) is 0. The Morgan fingerprint density at radius 2 is 1.95 bits per heavy atom. The van der Waals surface area contributed by atoms with Gasteiger partial charge in [-0.05, 0) is 38.3 Å². The Bertz CT molecular complexity index is 502. The van der Waals surface area contributed by atoms with E-state index in [2.05, 4.69) is 19.1 Å². The molecule has 1 saturated heterocycles. The molecule has 0 aliphatic carbocycles. The molecular weight excluding hydrogens is 284 g/mol. The second-order valence-corrected chi connectivity index (χ2v) is 7.27. The van der Waals surface area contributed by atoms with Crippen LogP contribution in [0.25, 0.3) is 0 Å². The first-order valence-electron chi connectivity index (χ1n) is 7.51. The van der Waals surface area contributed by atoms with Crippen LogP contribution in [-0.2, 0) is 16.0 Å². The van der Waals surface area contributed by atoms with Crippen LogP contribution in [-0.4, -0.2) is 48.8 Å². The molecule has 5 heteroatoms. The molecule has 0 saturated carbocycles. The minimum absolute atomic E-state index is 0.0870. The van der Waals surface area contributed by atoms with Crippen molar-refractivity contribution in [3.05, 3.63) is 21.9 Å².